The van der Waals surface area contributed by atoms with Crippen molar-refractivity contribution in [3.63, 3.8) is 0 Å². The Hall–Kier alpha value is -2.67. The number of rotatable bonds is 7. The van der Waals surface area contributed by atoms with Crippen molar-refractivity contribution in [2.75, 3.05) is 18.4 Å². The molecule has 7 heteroatoms. The summed E-state index contributed by atoms with van der Waals surface area (Å²) in [5.41, 5.74) is 2.82. The molecule has 0 spiro atoms. The van der Waals surface area contributed by atoms with Crippen molar-refractivity contribution in [1.29, 1.82) is 0 Å². The highest BCUT2D eigenvalue weighted by Crippen LogP contribution is 2.22. The Morgan fingerprint density at radius 2 is 2.00 bits per heavy atom. The standard InChI is InChI=1S/C23H32N6O/c1-4-21-24-10-13-29(21)15-17(2)23(30)25-18-8-9-20-19(14-18)26-22(27(20)3)16-28-11-6-5-7-12-28/h8-10,13-14,17H,4-7,11-12,15-16H2,1-3H3,(H,25,30)/t17-/m0/s1. The van der Waals surface area contributed by atoms with Crippen LogP contribution in [0.25, 0.3) is 11.0 Å². The molecule has 1 aromatic carbocycles. The van der Waals surface area contributed by atoms with Crippen molar-refractivity contribution in [2.24, 2.45) is 13.0 Å². The number of imidazole rings is 2. The molecule has 1 atom stereocenters. The lowest BCUT2D eigenvalue weighted by molar-refractivity contribution is -0.119. The highest BCUT2D eigenvalue weighted by atomic mass is 16.1. The molecule has 1 aliphatic rings. The van der Waals surface area contributed by atoms with Gasteiger partial charge in [0.2, 0.25) is 5.91 Å². The third-order valence-electron chi connectivity index (χ3n) is 6.09. The van der Waals surface area contributed by atoms with Crippen molar-refractivity contribution in [3.8, 4) is 0 Å². The van der Waals surface area contributed by atoms with Crippen LogP contribution in [-0.4, -0.2) is 43.0 Å². The summed E-state index contributed by atoms with van der Waals surface area (Å²) in [4.78, 5) is 24.4. The van der Waals surface area contributed by atoms with E-state index in [1.807, 2.05) is 31.3 Å². The lowest BCUT2D eigenvalue weighted by Crippen LogP contribution is -2.30. The average Bonchev–Trinajstić information content (AvgIpc) is 3.32. The summed E-state index contributed by atoms with van der Waals surface area (Å²) in [5, 5.41) is 3.06. The number of hydrogen-bond donors (Lipinski definition) is 1. The van der Waals surface area contributed by atoms with Crippen LogP contribution >= 0.6 is 0 Å². The van der Waals surface area contributed by atoms with Crippen LogP contribution in [0.5, 0.6) is 0 Å². The molecule has 4 rings (SSSR count). The molecule has 1 amide bonds. The Bertz CT molecular complexity index is 1010. The van der Waals surface area contributed by atoms with Crippen molar-refractivity contribution in [2.45, 2.75) is 52.6 Å². The van der Waals surface area contributed by atoms with Gasteiger partial charge in [0, 0.05) is 38.1 Å². The zero-order chi connectivity index (χ0) is 21.1. The van der Waals surface area contributed by atoms with E-state index in [0.29, 0.717) is 6.54 Å². The number of hydrogen-bond acceptors (Lipinski definition) is 4. The first-order valence-corrected chi connectivity index (χ1v) is 11.0. The van der Waals surface area contributed by atoms with Gasteiger partial charge in [-0.25, -0.2) is 9.97 Å². The minimum absolute atomic E-state index is 0.00887. The number of nitrogens with one attached hydrogen (secondary N) is 1. The lowest BCUT2D eigenvalue weighted by Gasteiger charge is -2.25. The maximum atomic E-state index is 12.7. The summed E-state index contributed by atoms with van der Waals surface area (Å²) in [6, 6.07) is 6.00. The minimum Gasteiger partial charge on any atom is -0.334 e. The Morgan fingerprint density at radius 1 is 1.20 bits per heavy atom. The fraction of sp³-hybridized carbons (Fsp3) is 0.522. The summed E-state index contributed by atoms with van der Waals surface area (Å²) in [7, 11) is 2.07. The van der Waals surface area contributed by atoms with Crippen LogP contribution in [0.1, 0.15) is 44.8 Å². The topological polar surface area (TPSA) is 68.0 Å². The van der Waals surface area contributed by atoms with Crippen molar-refractivity contribution in [1.82, 2.24) is 24.0 Å². The normalized spacial score (nSPS) is 16.1. The van der Waals surface area contributed by atoms with E-state index in [0.717, 1.165) is 54.4 Å². The van der Waals surface area contributed by atoms with Gasteiger partial charge in [-0.05, 0) is 44.1 Å². The number of aromatic nitrogens is 4. The summed E-state index contributed by atoms with van der Waals surface area (Å²) in [5.74, 6) is 1.94. The summed E-state index contributed by atoms with van der Waals surface area (Å²) < 4.78 is 4.22. The van der Waals surface area contributed by atoms with Gasteiger partial charge in [0.05, 0.1) is 23.5 Å². The third-order valence-corrected chi connectivity index (χ3v) is 6.09. The Labute approximate surface area is 178 Å². The van der Waals surface area contributed by atoms with Crippen LogP contribution in [-0.2, 0) is 31.4 Å². The molecule has 3 heterocycles. The molecule has 1 saturated heterocycles. The van der Waals surface area contributed by atoms with E-state index < -0.39 is 0 Å². The number of piperidine rings is 1. The van der Waals surface area contributed by atoms with Crippen molar-refractivity contribution >= 4 is 22.6 Å². The molecule has 2 aromatic heterocycles. The molecule has 7 nitrogen and oxygen atoms in total. The van der Waals surface area contributed by atoms with E-state index in [1.165, 1.54) is 19.3 Å². The van der Waals surface area contributed by atoms with Gasteiger partial charge in [-0.15, -0.1) is 0 Å². The molecule has 160 valence electrons. The van der Waals surface area contributed by atoms with E-state index >= 15 is 0 Å². The van der Waals surface area contributed by atoms with E-state index in [9.17, 15) is 4.79 Å². The van der Waals surface area contributed by atoms with E-state index in [-0.39, 0.29) is 11.8 Å². The van der Waals surface area contributed by atoms with Gasteiger partial charge in [0.25, 0.3) is 0 Å². The quantitative estimate of drug-likeness (QED) is 0.649. The molecular formula is C23H32N6O. The Morgan fingerprint density at radius 3 is 2.77 bits per heavy atom. The predicted molar refractivity (Wildman–Crippen MR) is 119 cm³/mol. The van der Waals surface area contributed by atoms with Gasteiger partial charge < -0.3 is 14.5 Å². The SMILES string of the molecule is CCc1nccn1C[C@H](C)C(=O)Nc1ccc2c(c1)nc(CN1CCCCC1)n2C. The first-order valence-electron chi connectivity index (χ1n) is 11.0. The second-order valence-corrected chi connectivity index (χ2v) is 8.37. The fourth-order valence-electron chi connectivity index (χ4n) is 4.25. The van der Waals surface area contributed by atoms with Gasteiger partial charge >= 0.3 is 0 Å². The highest BCUT2D eigenvalue weighted by Gasteiger charge is 2.17. The van der Waals surface area contributed by atoms with E-state index in [4.69, 9.17) is 4.98 Å². The van der Waals surface area contributed by atoms with Gasteiger partial charge in [0.15, 0.2) is 0 Å². The van der Waals surface area contributed by atoms with Gasteiger partial charge in [0.1, 0.15) is 11.6 Å². The number of carbonyl (C=O) groups excluding carboxylic acids is 1. The number of carbonyl (C=O) groups is 1. The summed E-state index contributed by atoms with van der Waals surface area (Å²) >= 11 is 0. The molecular weight excluding hydrogens is 376 g/mol. The second-order valence-electron chi connectivity index (χ2n) is 8.37. The van der Waals surface area contributed by atoms with Crippen LogP contribution in [0, 0.1) is 5.92 Å². The third kappa shape index (κ3) is 4.41. The molecule has 1 aliphatic heterocycles. The van der Waals surface area contributed by atoms with Gasteiger partial charge in [-0.2, -0.15) is 0 Å². The van der Waals surface area contributed by atoms with E-state index in [1.54, 1.807) is 6.20 Å². The number of benzene rings is 1. The first-order chi connectivity index (χ1) is 14.5. The lowest BCUT2D eigenvalue weighted by atomic mass is 10.1. The maximum Gasteiger partial charge on any atom is 0.229 e. The molecule has 30 heavy (non-hydrogen) atoms. The number of fused-ring (bicyclic) bond motifs is 1. The number of anilines is 1. The molecule has 0 aliphatic carbocycles. The fourth-order valence-corrected chi connectivity index (χ4v) is 4.25. The first kappa shape index (κ1) is 20.6. The minimum atomic E-state index is -0.154. The molecule has 3 aromatic rings. The van der Waals surface area contributed by atoms with Gasteiger partial charge in [-0.1, -0.05) is 20.3 Å². The smallest absolute Gasteiger partial charge is 0.229 e. The molecule has 0 radical (unpaired) electrons. The molecule has 0 bridgehead atoms. The Balaban J connectivity index is 1.44. The molecule has 1 fully saturated rings. The van der Waals surface area contributed by atoms with Crippen LogP contribution in [0.4, 0.5) is 5.69 Å². The zero-order valence-corrected chi connectivity index (χ0v) is 18.3. The number of likely N-dealkylation sites (tertiary alicyclic amines) is 1. The maximum absolute atomic E-state index is 12.7. The van der Waals surface area contributed by atoms with Crippen LogP contribution < -0.4 is 5.32 Å². The molecule has 0 saturated carbocycles. The predicted octanol–water partition coefficient (Wildman–Crippen LogP) is 3.59. The largest absolute Gasteiger partial charge is 0.334 e. The number of nitrogens with zero attached hydrogens (tertiary/aromatic N) is 5. The monoisotopic (exact) mass is 408 g/mol. The summed E-state index contributed by atoms with van der Waals surface area (Å²) in [6.45, 7) is 7.84. The van der Waals surface area contributed by atoms with Crippen LogP contribution in [0.3, 0.4) is 0 Å². The number of amides is 1. The second kappa shape index (κ2) is 9.00. The van der Waals surface area contributed by atoms with Gasteiger partial charge in [-0.3, -0.25) is 9.69 Å². The molecule has 1 N–H and O–H groups in total. The summed E-state index contributed by atoms with van der Waals surface area (Å²) in [6.07, 6.45) is 8.47. The highest BCUT2D eigenvalue weighted by molar-refractivity contribution is 5.94. The Kier molecular flexibility index (Phi) is 6.18. The average molecular weight is 409 g/mol. The van der Waals surface area contributed by atoms with Crippen molar-refractivity contribution < 1.29 is 4.79 Å². The number of aryl methyl sites for hydroxylation is 2. The van der Waals surface area contributed by atoms with Crippen LogP contribution in [0.2, 0.25) is 0 Å². The van der Waals surface area contributed by atoms with Crippen molar-refractivity contribution in [3.05, 3.63) is 42.2 Å². The van der Waals surface area contributed by atoms with Crippen LogP contribution in [0.15, 0.2) is 30.6 Å². The zero-order valence-electron chi connectivity index (χ0n) is 18.3. The van der Waals surface area contributed by atoms with E-state index in [2.05, 4.69) is 38.3 Å². The molecule has 0 unspecified atom stereocenters.